The van der Waals surface area contributed by atoms with Gasteiger partial charge < -0.3 is 10.1 Å². The first-order valence-electron chi connectivity index (χ1n) is 6.12. The van der Waals surface area contributed by atoms with E-state index in [1.807, 2.05) is 13.8 Å². The molecule has 19 heavy (non-hydrogen) atoms. The van der Waals surface area contributed by atoms with Crippen molar-refractivity contribution in [3.63, 3.8) is 0 Å². The van der Waals surface area contributed by atoms with E-state index in [4.69, 9.17) is 4.74 Å². The van der Waals surface area contributed by atoms with Gasteiger partial charge >= 0.3 is 0 Å². The number of ether oxygens (including phenoxy) is 1. The lowest BCUT2D eigenvalue weighted by atomic mass is 10.2. The molecule has 0 amide bonds. The molecule has 0 radical (unpaired) electrons. The van der Waals surface area contributed by atoms with E-state index in [9.17, 15) is 4.39 Å². The van der Waals surface area contributed by atoms with Crippen molar-refractivity contribution < 1.29 is 9.13 Å². The molecule has 4 nitrogen and oxygen atoms in total. The Morgan fingerprint density at radius 3 is 2.68 bits per heavy atom. The van der Waals surface area contributed by atoms with Gasteiger partial charge in [0.15, 0.2) is 0 Å². The lowest BCUT2D eigenvalue weighted by Crippen LogP contribution is -2.04. The summed E-state index contributed by atoms with van der Waals surface area (Å²) in [5.41, 5.74) is 1.53. The topological polar surface area (TPSA) is 47.0 Å². The molecule has 0 unspecified atom stereocenters. The van der Waals surface area contributed by atoms with Crippen molar-refractivity contribution in [2.75, 3.05) is 11.9 Å². The fourth-order valence-electron chi connectivity index (χ4n) is 1.67. The van der Waals surface area contributed by atoms with Crippen LogP contribution in [0.25, 0.3) is 0 Å². The molecule has 0 aliphatic carbocycles. The third kappa shape index (κ3) is 3.40. The van der Waals surface area contributed by atoms with Crippen LogP contribution in [0.4, 0.5) is 10.3 Å². The van der Waals surface area contributed by atoms with Gasteiger partial charge in [0, 0.05) is 18.3 Å². The van der Waals surface area contributed by atoms with Crippen molar-refractivity contribution in [2.45, 2.75) is 20.8 Å². The number of aryl methyl sites for hydroxylation is 2. The molecule has 0 saturated carbocycles. The fraction of sp³-hybridized carbons (Fsp3) is 0.286. The molecule has 0 aliphatic heterocycles. The molecule has 0 bridgehead atoms. The number of anilines is 1. The predicted octanol–water partition coefficient (Wildman–Crippen LogP) is 3.46. The van der Waals surface area contributed by atoms with E-state index < -0.39 is 0 Å². The Kier molecular flexibility index (Phi) is 3.94. The standard InChI is InChI=1S/C14H16FN3O/c1-4-16-14-17-10(3)8-13(18-14)19-12-6-5-11(15)7-9(12)2/h5-8H,4H2,1-3H3,(H,16,17,18). The highest BCUT2D eigenvalue weighted by Crippen LogP contribution is 2.25. The fourth-order valence-corrected chi connectivity index (χ4v) is 1.67. The number of hydrogen-bond donors (Lipinski definition) is 1. The van der Waals surface area contributed by atoms with Crippen LogP contribution < -0.4 is 10.1 Å². The summed E-state index contributed by atoms with van der Waals surface area (Å²) in [6, 6.07) is 6.12. The average molecular weight is 261 g/mol. The van der Waals surface area contributed by atoms with Crippen molar-refractivity contribution in [1.29, 1.82) is 0 Å². The molecule has 0 atom stereocenters. The Morgan fingerprint density at radius 2 is 2.00 bits per heavy atom. The molecule has 0 saturated heterocycles. The van der Waals surface area contributed by atoms with E-state index >= 15 is 0 Å². The molecule has 0 spiro atoms. The van der Waals surface area contributed by atoms with Crippen molar-refractivity contribution in [1.82, 2.24) is 9.97 Å². The molecule has 2 aromatic rings. The Morgan fingerprint density at radius 1 is 1.21 bits per heavy atom. The Labute approximate surface area is 111 Å². The molecular weight excluding hydrogens is 245 g/mol. The maximum absolute atomic E-state index is 13.0. The molecule has 1 heterocycles. The van der Waals surface area contributed by atoms with Crippen LogP contribution in [-0.4, -0.2) is 16.5 Å². The van der Waals surface area contributed by atoms with Crippen LogP contribution in [0.1, 0.15) is 18.2 Å². The van der Waals surface area contributed by atoms with Crippen LogP contribution in [-0.2, 0) is 0 Å². The van der Waals surface area contributed by atoms with Gasteiger partial charge in [-0.15, -0.1) is 0 Å². The number of halogens is 1. The van der Waals surface area contributed by atoms with Gasteiger partial charge in [0.05, 0.1) is 0 Å². The largest absolute Gasteiger partial charge is 0.439 e. The quantitative estimate of drug-likeness (QED) is 0.915. The van der Waals surface area contributed by atoms with E-state index in [1.54, 1.807) is 19.1 Å². The van der Waals surface area contributed by atoms with Crippen molar-refractivity contribution in [3.05, 3.63) is 41.3 Å². The first-order valence-corrected chi connectivity index (χ1v) is 6.12. The van der Waals surface area contributed by atoms with E-state index in [2.05, 4.69) is 15.3 Å². The zero-order valence-electron chi connectivity index (χ0n) is 11.2. The summed E-state index contributed by atoms with van der Waals surface area (Å²) in [7, 11) is 0. The summed E-state index contributed by atoms with van der Waals surface area (Å²) < 4.78 is 18.7. The van der Waals surface area contributed by atoms with Crippen molar-refractivity contribution in [2.24, 2.45) is 0 Å². The second-order valence-electron chi connectivity index (χ2n) is 4.21. The van der Waals surface area contributed by atoms with E-state index in [-0.39, 0.29) is 5.82 Å². The molecule has 1 N–H and O–H groups in total. The molecule has 1 aromatic carbocycles. The highest BCUT2D eigenvalue weighted by molar-refractivity contribution is 5.37. The van der Waals surface area contributed by atoms with Crippen LogP contribution in [0.2, 0.25) is 0 Å². The average Bonchev–Trinajstić information content (AvgIpc) is 2.32. The Hall–Kier alpha value is -2.17. The summed E-state index contributed by atoms with van der Waals surface area (Å²) >= 11 is 0. The monoisotopic (exact) mass is 261 g/mol. The van der Waals surface area contributed by atoms with E-state index in [1.165, 1.54) is 12.1 Å². The zero-order chi connectivity index (χ0) is 13.8. The highest BCUT2D eigenvalue weighted by Gasteiger charge is 2.06. The van der Waals surface area contributed by atoms with Crippen LogP contribution in [0.3, 0.4) is 0 Å². The first-order chi connectivity index (χ1) is 9.08. The molecule has 1 aromatic heterocycles. The lowest BCUT2D eigenvalue weighted by molar-refractivity contribution is 0.456. The number of benzene rings is 1. The minimum atomic E-state index is -0.281. The molecule has 0 aliphatic rings. The Bertz CT molecular complexity index is 587. The maximum atomic E-state index is 13.0. The van der Waals surface area contributed by atoms with E-state index in [0.29, 0.717) is 17.6 Å². The summed E-state index contributed by atoms with van der Waals surface area (Å²) in [5.74, 6) is 1.27. The number of nitrogens with zero attached hydrogens (tertiary/aromatic N) is 2. The summed E-state index contributed by atoms with van der Waals surface area (Å²) in [6.45, 7) is 6.36. The normalized spacial score (nSPS) is 10.3. The van der Waals surface area contributed by atoms with Gasteiger partial charge in [-0.3, -0.25) is 0 Å². The van der Waals surface area contributed by atoms with Gasteiger partial charge in [0.1, 0.15) is 11.6 Å². The predicted molar refractivity (Wildman–Crippen MR) is 72.1 cm³/mol. The maximum Gasteiger partial charge on any atom is 0.226 e. The van der Waals surface area contributed by atoms with Gasteiger partial charge in [-0.25, -0.2) is 9.37 Å². The van der Waals surface area contributed by atoms with Crippen LogP contribution >= 0.6 is 0 Å². The summed E-state index contributed by atoms with van der Waals surface area (Å²) in [4.78, 5) is 8.48. The van der Waals surface area contributed by atoms with Gasteiger partial charge in [-0.2, -0.15) is 4.98 Å². The third-order valence-electron chi connectivity index (χ3n) is 2.52. The molecule has 100 valence electrons. The lowest BCUT2D eigenvalue weighted by Gasteiger charge is -2.10. The second-order valence-corrected chi connectivity index (χ2v) is 4.21. The van der Waals surface area contributed by atoms with Crippen molar-refractivity contribution >= 4 is 5.95 Å². The molecule has 2 rings (SSSR count). The SMILES string of the molecule is CCNc1nc(C)cc(Oc2ccc(F)cc2C)n1. The smallest absolute Gasteiger partial charge is 0.226 e. The number of nitrogens with one attached hydrogen (secondary N) is 1. The minimum Gasteiger partial charge on any atom is -0.439 e. The van der Waals surface area contributed by atoms with Crippen molar-refractivity contribution in [3.8, 4) is 11.6 Å². The summed E-state index contributed by atoms with van der Waals surface area (Å²) in [5, 5.41) is 3.04. The van der Waals surface area contributed by atoms with Gasteiger partial charge in [0.25, 0.3) is 0 Å². The van der Waals surface area contributed by atoms with Gasteiger partial charge in [-0.1, -0.05) is 0 Å². The molecule has 0 fully saturated rings. The summed E-state index contributed by atoms with van der Waals surface area (Å²) in [6.07, 6.45) is 0. The minimum absolute atomic E-state index is 0.281. The number of hydrogen-bond acceptors (Lipinski definition) is 4. The Balaban J connectivity index is 2.27. The zero-order valence-corrected chi connectivity index (χ0v) is 11.2. The molecule has 5 heteroatoms. The van der Waals surface area contributed by atoms with Crippen LogP contribution in [0.5, 0.6) is 11.6 Å². The highest BCUT2D eigenvalue weighted by atomic mass is 19.1. The third-order valence-corrected chi connectivity index (χ3v) is 2.52. The second kappa shape index (κ2) is 5.65. The van der Waals surface area contributed by atoms with Crippen LogP contribution in [0, 0.1) is 19.7 Å². The number of rotatable bonds is 4. The first kappa shape index (κ1) is 13.3. The number of aromatic nitrogens is 2. The van der Waals surface area contributed by atoms with Crippen LogP contribution in [0.15, 0.2) is 24.3 Å². The molecular formula is C14H16FN3O. The van der Waals surface area contributed by atoms with E-state index in [0.717, 1.165) is 17.8 Å². The van der Waals surface area contributed by atoms with Gasteiger partial charge in [-0.05, 0) is 44.5 Å². The van der Waals surface area contributed by atoms with Gasteiger partial charge in [0.2, 0.25) is 11.8 Å².